The van der Waals surface area contributed by atoms with E-state index in [1.807, 2.05) is 19.9 Å². The van der Waals surface area contributed by atoms with Crippen LogP contribution in [0.15, 0.2) is 17.9 Å². The number of rotatable bonds is 4. The smallest absolute Gasteiger partial charge is 0.256 e. The van der Waals surface area contributed by atoms with Gasteiger partial charge in [-0.05, 0) is 56.2 Å². The van der Waals surface area contributed by atoms with E-state index < -0.39 is 5.54 Å². The number of carbonyl (C=O) groups is 1. The Bertz CT molecular complexity index is 689. The lowest BCUT2D eigenvalue weighted by molar-refractivity contribution is -0.116. The van der Waals surface area contributed by atoms with Gasteiger partial charge in [0.15, 0.2) is 0 Å². The summed E-state index contributed by atoms with van der Waals surface area (Å²) >= 11 is 0. The van der Waals surface area contributed by atoms with Crippen molar-refractivity contribution < 1.29 is 19.4 Å². The van der Waals surface area contributed by atoms with Gasteiger partial charge in [0, 0.05) is 12.7 Å². The maximum atomic E-state index is 12.8. The molecular weight excluding hydrogens is 318 g/mol. The molecule has 1 spiro atoms. The van der Waals surface area contributed by atoms with E-state index in [-0.39, 0.29) is 17.8 Å². The van der Waals surface area contributed by atoms with Crippen molar-refractivity contribution in [3.05, 3.63) is 34.6 Å². The van der Waals surface area contributed by atoms with Gasteiger partial charge in [-0.2, -0.15) is 0 Å². The second-order valence-electron chi connectivity index (χ2n) is 7.05. The summed E-state index contributed by atoms with van der Waals surface area (Å²) in [6.07, 6.45) is 3.96. The highest BCUT2D eigenvalue weighted by atomic mass is 16.5. The van der Waals surface area contributed by atoms with Gasteiger partial charge in [0.25, 0.3) is 5.91 Å². The third-order valence-electron chi connectivity index (χ3n) is 5.57. The standard InChI is InChI=1S/C20H27NO4/c1-5-13-10-12(2)11-15(25-4)16(13)17-18(22)20(21-19(17)23)8-6-14(24-3)7-9-20/h10-11,14,22H,5-9H2,1-4H3,(H,21,23). The van der Waals surface area contributed by atoms with Crippen molar-refractivity contribution in [1.29, 1.82) is 0 Å². The third kappa shape index (κ3) is 2.91. The fraction of sp³-hybridized carbons (Fsp3) is 0.550. The minimum Gasteiger partial charge on any atom is -0.509 e. The zero-order chi connectivity index (χ0) is 18.2. The van der Waals surface area contributed by atoms with Gasteiger partial charge in [-0.15, -0.1) is 0 Å². The Balaban J connectivity index is 2.09. The number of nitrogens with one attached hydrogen (secondary N) is 1. The molecule has 0 unspecified atom stereocenters. The zero-order valence-corrected chi connectivity index (χ0v) is 15.4. The van der Waals surface area contributed by atoms with Crippen LogP contribution in [0.25, 0.3) is 5.57 Å². The number of methoxy groups -OCH3 is 2. The molecule has 136 valence electrons. The van der Waals surface area contributed by atoms with Crippen LogP contribution >= 0.6 is 0 Å². The maximum Gasteiger partial charge on any atom is 0.256 e. The molecule has 5 heteroatoms. The predicted octanol–water partition coefficient (Wildman–Crippen LogP) is 3.29. The van der Waals surface area contributed by atoms with E-state index in [0.717, 1.165) is 36.0 Å². The lowest BCUT2D eigenvalue weighted by Crippen LogP contribution is -2.48. The van der Waals surface area contributed by atoms with Crippen molar-refractivity contribution in [3.63, 3.8) is 0 Å². The Morgan fingerprint density at radius 2 is 1.96 bits per heavy atom. The third-order valence-corrected chi connectivity index (χ3v) is 5.57. The fourth-order valence-corrected chi connectivity index (χ4v) is 4.15. The van der Waals surface area contributed by atoms with Gasteiger partial charge in [0.2, 0.25) is 0 Å². The van der Waals surface area contributed by atoms with E-state index in [4.69, 9.17) is 9.47 Å². The van der Waals surface area contributed by atoms with Crippen LogP contribution in [0, 0.1) is 6.92 Å². The van der Waals surface area contributed by atoms with Crippen LogP contribution in [0.5, 0.6) is 5.75 Å². The number of hydrogen-bond acceptors (Lipinski definition) is 4. The first kappa shape index (κ1) is 17.8. The maximum absolute atomic E-state index is 12.8. The topological polar surface area (TPSA) is 67.8 Å². The molecule has 1 saturated carbocycles. The van der Waals surface area contributed by atoms with Crippen LogP contribution < -0.4 is 10.1 Å². The number of aliphatic hydroxyl groups is 1. The highest BCUT2D eigenvalue weighted by molar-refractivity contribution is 6.24. The van der Waals surface area contributed by atoms with Gasteiger partial charge >= 0.3 is 0 Å². The molecule has 0 aromatic heterocycles. The number of hydrogen-bond donors (Lipinski definition) is 2. The molecule has 1 fully saturated rings. The second-order valence-corrected chi connectivity index (χ2v) is 7.05. The SMILES string of the molecule is CCc1cc(C)cc(OC)c1C1=C(O)C2(CCC(OC)CC2)NC1=O. The van der Waals surface area contributed by atoms with Gasteiger partial charge < -0.3 is 19.9 Å². The first-order chi connectivity index (χ1) is 12.0. The first-order valence-corrected chi connectivity index (χ1v) is 8.92. The summed E-state index contributed by atoms with van der Waals surface area (Å²) in [6, 6.07) is 3.97. The molecule has 0 bridgehead atoms. The van der Waals surface area contributed by atoms with Gasteiger partial charge in [-0.25, -0.2) is 0 Å². The minimum absolute atomic E-state index is 0.156. The average molecular weight is 345 g/mol. The van der Waals surface area contributed by atoms with E-state index in [2.05, 4.69) is 11.4 Å². The van der Waals surface area contributed by atoms with Crippen molar-refractivity contribution in [2.45, 2.75) is 57.6 Å². The Labute approximate surface area is 149 Å². The number of aryl methyl sites for hydroxylation is 2. The summed E-state index contributed by atoms with van der Waals surface area (Å²) in [6.45, 7) is 4.05. The predicted molar refractivity (Wildman–Crippen MR) is 96.8 cm³/mol. The van der Waals surface area contributed by atoms with Crippen molar-refractivity contribution in [1.82, 2.24) is 5.32 Å². The normalized spacial score (nSPS) is 26.2. The Morgan fingerprint density at radius 3 is 2.52 bits per heavy atom. The average Bonchev–Trinajstić information content (AvgIpc) is 2.85. The molecular formula is C20H27NO4. The van der Waals surface area contributed by atoms with Crippen LogP contribution in [0.1, 0.15) is 49.3 Å². The van der Waals surface area contributed by atoms with Crippen LogP contribution in [0.4, 0.5) is 0 Å². The molecule has 0 radical (unpaired) electrons. The number of carbonyl (C=O) groups excluding carboxylic acids is 1. The summed E-state index contributed by atoms with van der Waals surface area (Å²) in [4.78, 5) is 12.8. The van der Waals surface area contributed by atoms with Crippen LogP contribution in [0.2, 0.25) is 0 Å². The molecule has 3 rings (SSSR count). The molecule has 1 aromatic carbocycles. The molecule has 0 atom stereocenters. The van der Waals surface area contributed by atoms with Crippen molar-refractivity contribution >= 4 is 11.5 Å². The van der Waals surface area contributed by atoms with Gasteiger partial charge in [-0.1, -0.05) is 13.0 Å². The quantitative estimate of drug-likeness (QED) is 0.879. The minimum atomic E-state index is -0.664. The van der Waals surface area contributed by atoms with Gasteiger partial charge in [0.1, 0.15) is 11.5 Å². The highest BCUT2D eigenvalue weighted by Gasteiger charge is 2.48. The number of aliphatic hydroxyl groups excluding tert-OH is 1. The van der Waals surface area contributed by atoms with E-state index in [9.17, 15) is 9.90 Å². The number of amides is 1. The number of benzene rings is 1. The molecule has 1 aliphatic carbocycles. The monoisotopic (exact) mass is 345 g/mol. The molecule has 2 N–H and O–H groups in total. The first-order valence-electron chi connectivity index (χ1n) is 8.92. The molecule has 1 amide bonds. The lowest BCUT2D eigenvalue weighted by atomic mass is 9.79. The summed E-state index contributed by atoms with van der Waals surface area (Å²) in [5.74, 6) is 0.574. The molecule has 1 heterocycles. The van der Waals surface area contributed by atoms with Crippen LogP contribution in [0.3, 0.4) is 0 Å². The Morgan fingerprint density at radius 1 is 1.28 bits per heavy atom. The lowest BCUT2D eigenvalue weighted by Gasteiger charge is -2.36. The Kier molecular flexibility index (Phi) is 4.78. The molecule has 0 saturated heterocycles. The van der Waals surface area contributed by atoms with Crippen molar-refractivity contribution in [2.75, 3.05) is 14.2 Å². The summed E-state index contributed by atoms with van der Waals surface area (Å²) in [7, 11) is 3.31. The van der Waals surface area contributed by atoms with Gasteiger partial charge in [0.05, 0.1) is 24.3 Å². The highest BCUT2D eigenvalue weighted by Crippen LogP contribution is 2.44. The molecule has 1 aromatic rings. The van der Waals surface area contributed by atoms with Crippen LogP contribution in [-0.4, -0.2) is 36.9 Å². The Hall–Kier alpha value is -2.01. The van der Waals surface area contributed by atoms with Crippen molar-refractivity contribution in [2.24, 2.45) is 0 Å². The molecule has 2 aliphatic rings. The fourth-order valence-electron chi connectivity index (χ4n) is 4.15. The largest absolute Gasteiger partial charge is 0.509 e. The summed E-state index contributed by atoms with van der Waals surface area (Å²) in [5, 5.41) is 14.1. The van der Waals surface area contributed by atoms with Crippen molar-refractivity contribution in [3.8, 4) is 5.75 Å². The second kappa shape index (κ2) is 6.71. The van der Waals surface area contributed by atoms with E-state index in [1.54, 1.807) is 14.2 Å². The van der Waals surface area contributed by atoms with Gasteiger partial charge in [-0.3, -0.25) is 4.79 Å². The zero-order valence-electron chi connectivity index (χ0n) is 15.4. The molecule has 1 aliphatic heterocycles. The molecule has 5 nitrogen and oxygen atoms in total. The molecule has 25 heavy (non-hydrogen) atoms. The van der Waals surface area contributed by atoms with E-state index in [1.165, 1.54) is 0 Å². The summed E-state index contributed by atoms with van der Waals surface area (Å²) < 4.78 is 11.0. The summed E-state index contributed by atoms with van der Waals surface area (Å²) in [5.41, 5.74) is 2.51. The number of ether oxygens (including phenoxy) is 2. The van der Waals surface area contributed by atoms with E-state index in [0.29, 0.717) is 24.2 Å². The van der Waals surface area contributed by atoms with Crippen LogP contribution in [-0.2, 0) is 16.0 Å². The van der Waals surface area contributed by atoms with E-state index >= 15 is 0 Å².